The van der Waals surface area contributed by atoms with Gasteiger partial charge in [-0.25, -0.2) is 4.39 Å². The predicted molar refractivity (Wildman–Crippen MR) is 99.8 cm³/mol. The van der Waals surface area contributed by atoms with E-state index in [1.54, 1.807) is 12.1 Å². The fourth-order valence-electron chi connectivity index (χ4n) is 2.58. The molecular formula is C18H17FN6O3. The lowest BCUT2D eigenvalue weighted by molar-refractivity contribution is 0.324. The number of benzene rings is 2. The van der Waals surface area contributed by atoms with Crippen molar-refractivity contribution in [3.05, 3.63) is 41.7 Å². The van der Waals surface area contributed by atoms with Gasteiger partial charge in [-0.3, -0.25) is 0 Å². The number of nitrogen functional groups attached to an aromatic ring is 1. The Labute approximate surface area is 160 Å². The van der Waals surface area contributed by atoms with Crippen molar-refractivity contribution in [2.45, 2.75) is 0 Å². The van der Waals surface area contributed by atoms with E-state index in [4.69, 9.17) is 25.2 Å². The second-order valence-corrected chi connectivity index (χ2v) is 5.52. The molecule has 0 aliphatic carbocycles. The average molecular weight is 384 g/mol. The van der Waals surface area contributed by atoms with Crippen LogP contribution in [-0.2, 0) is 0 Å². The van der Waals surface area contributed by atoms with Crippen LogP contribution in [0.15, 0.2) is 30.3 Å². The lowest BCUT2D eigenvalue weighted by atomic mass is 10.2. The summed E-state index contributed by atoms with van der Waals surface area (Å²) in [5.74, 6) is 0.780. The summed E-state index contributed by atoms with van der Waals surface area (Å²) in [7, 11) is 4.50. The molecule has 0 bridgehead atoms. The highest BCUT2D eigenvalue weighted by Gasteiger charge is 2.16. The molecule has 9 nitrogen and oxygen atoms in total. The van der Waals surface area contributed by atoms with Gasteiger partial charge in [-0.05, 0) is 18.2 Å². The number of hydrogen-bond acceptors (Lipinski definition) is 8. The van der Waals surface area contributed by atoms with Gasteiger partial charge in [-0.2, -0.15) is 14.9 Å². The van der Waals surface area contributed by atoms with Crippen molar-refractivity contribution in [2.75, 3.05) is 32.4 Å². The molecule has 3 aromatic rings. The van der Waals surface area contributed by atoms with Crippen molar-refractivity contribution in [3.63, 3.8) is 0 Å². The standard InChI is InChI=1S/C18H17FN6O3/c1-26-14-7-11(8-15(27-2)16(14)28-3)22-18-23-17(21)25(24-18)13-5-4-10(9-20)6-12(13)19/h4-8H,1-3H3,(H3,21,22,23,24). The molecule has 0 amide bonds. The van der Waals surface area contributed by atoms with Crippen LogP contribution < -0.4 is 25.3 Å². The van der Waals surface area contributed by atoms with Crippen LogP contribution >= 0.6 is 0 Å². The van der Waals surface area contributed by atoms with E-state index < -0.39 is 5.82 Å². The first kappa shape index (κ1) is 18.8. The molecule has 1 heterocycles. The summed E-state index contributed by atoms with van der Waals surface area (Å²) in [6, 6.07) is 9.17. The van der Waals surface area contributed by atoms with Crippen molar-refractivity contribution in [3.8, 4) is 29.0 Å². The van der Waals surface area contributed by atoms with Crippen LogP contribution in [0, 0.1) is 17.1 Å². The van der Waals surface area contributed by atoms with Gasteiger partial charge in [0.25, 0.3) is 0 Å². The van der Waals surface area contributed by atoms with E-state index in [1.807, 2.05) is 6.07 Å². The van der Waals surface area contributed by atoms with Crippen molar-refractivity contribution >= 4 is 17.6 Å². The Hall–Kier alpha value is -4.00. The van der Waals surface area contributed by atoms with Crippen LogP contribution in [0.1, 0.15) is 5.56 Å². The Kier molecular flexibility index (Phi) is 5.17. The number of methoxy groups -OCH3 is 3. The van der Waals surface area contributed by atoms with Gasteiger partial charge in [0.05, 0.1) is 33.0 Å². The summed E-state index contributed by atoms with van der Waals surface area (Å²) in [5.41, 5.74) is 6.68. The van der Waals surface area contributed by atoms with E-state index in [2.05, 4.69) is 15.4 Å². The van der Waals surface area contributed by atoms with Crippen LogP contribution in [-0.4, -0.2) is 36.1 Å². The minimum atomic E-state index is -0.644. The number of nitrogens with one attached hydrogen (secondary N) is 1. The molecule has 3 N–H and O–H groups in total. The van der Waals surface area contributed by atoms with Crippen LogP contribution in [0.25, 0.3) is 5.69 Å². The van der Waals surface area contributed by atoms with Gasteiger partial charge in [0.2, 0.25) is 17.6 Å². The summed E-state index contributed by atoms with van der Waals surface area (Å²) in [4.78, 5) is 4.09. The molecular weight excluding hydrogens is 367 g/mol. The average Bonchev–Trinajstić information content (AvgIpc) is 3.06. The van der Waals surface area contributed by atoms with Crippen LogP contribution in [0.3, 0.4) is 0 Å². The third kappa shape index (κ3) is 3.45. The van der Waals surface area contributed by atoms with Gasteiger partial charge in [-0.1, -0.05) is 0 Å². The molecule has 0 aliphatic rings. The highest BCUT2D eigenvalue weighted by atomic mass is 19.1. The number of aromatic nitrogens is 3. The van der Waals surface area contributed by atoms with Crippen LogP contribution in [0.2, 0.25) is 0 Å². The van der Waals surface area contributed by atoms with Gasteiger partial charge < -0.3 is 25.3 Å². The smallest absolute Gasteiger partial charge is 0.248 e. The van der Waals surface area contributed by atoms with E-state index in [0.29, 0.717) is 22.9 Å². The molecule has 0 unspecified atom stereocenters. The molecule has 0 saturated carbocycles. The molecule has 2 aromatic carbocycles. The molecule has 144 valence electrons. The third-order valence-corrected chi connectivity index (χ3v) is 3.86. The van der Waals surface area contributed by atoms with E-state index in [9.17, 15) is 4.39 Å². The molecule has 0 fully saturated rings. The molecule has 28 heavy (non-hydrogen) atoms. The Morgan fingerprint density at radius 1 is 1.11 bits per heavy atom. The highest BCUT2D eigenvalue weighted by molar-refractivity contribution is 5.66. The number of ether oxygens (including phenoxy) is 3. The maximum Gasteiger partial charge on any atom is 0.248 e. The molecule has 0 radical (unpaired) electrons. The molecule has 0 spiro atoms. The van der Waals surface area contributed by atoms with E-state index in [1.165, 1.54) is 33.5 Å². The Morgan fingerprint density at radius 3 is 2.32 bits per heavy atom. The van der Waals surface area contributed by atoms with Gasteiger partial charge in [0.15, 0.2) is 11.5 Å². The van der Waals surface area contributed by atoms with Gasteiger partial charge >= 0.3 is 0 Å². The summed E-state index contributed by atoms with van der Waals surface area (Å²) in [5, 5.41) is 16.0. The third-order valence-electron chi connectivity index (χ3n) is 3.86. The quantitative estimate of drug-likeness (QED) is 0.665. The highest BCUT2D eigenvalue weighted by Crippen LogP contribution is 2.40. The maximum absolute atomic E-state index is 14.3. The largest absolute Gasteiger partial charge is 0.493 e. The van der Waals surface area contributed by atoms with Gasteiger partial charge in [0.1, 0.15) is 11.5 Å². The minimum absolute atomic E-state index is 0.0291. The van der Waals surface area contributed by atoms with Crippen LogP contribution in [0.5, 0.6) is 17.2 Å². The number of hydrogen-bond donors (Lipinski definition) is 2. The summed E-state index contributed by atoms with van der Waals surface area (Å²) in [6.45, 7) is 0. The molecule has 0 saturated heterocycles. The van der Waals surface area contributed by atoms with Crippen molar-refractivity contribution in [2.24, 2.45) is 0 Å². The number of halogens is 1. The molecule has 10 heteroatoms. The summed E-state index contributed by atoms with van der Waals surface area (Å²) < 4.78 is 31.3. The molecule has 0 atom stereocenters. The normalized spacial score (nSPS) is 10.2. The fraction of sp³-hybridized carbons (Fsp3) is 0.167. The number of rotatable bonds is 6. The monoisotopic (exact) mass is 384 g/mol. The summed E-state index contributed by atoms with van der Waals surface area (Å²) in [6.07, 6.45) is 0. The van der Waals surface area contributed by atoms with E-state index >= 15 is 0 Å². The van der Waals surface area contributed by atoms with Crippen LogP contribution in [0.4, 0.5) is 22.0 Å². The predicted octanol–water partition coefficient (Wildman–Crippen LogP) is 2.63. The first-order valence-electron chi connectivity index (χ1n) is 8.00. The zero-order valence-corrected chi connectivity index (χ0v) is 15.4. The number of nitriles is 1. The Balaban J connectivity index is 1.95. The second-order valence-electron chi connectivity index (χ2n) is 5.52. The topological polar surface area (TPSA) is 120 Å². The molecule has 1 aromatic heterocycles. The lowest BCUT2D eigenvalue weighted by Gasteiger charge is -2.14. The number of nitrogens with two attached hydrogens (primary N) is 1. The SMILES string of the molecule is COc1cc(Nc2nc(N)n(-c3ccc(C#N)cc3F)n2)cc(OC)c1OC. The minimum Gasteiger partial charge on any atom is -0.493 e. The molecule has 0 aliphatic heterocycles. The maximum atomic E-state index is 14.3. The summed E-state index contributed by atoms with van der Waals surface area (Å²) >= 11 is 0. The van der Waals surface area contributed by atoms with Crippen molar-refractivity contribution in [1.82, 2.24) is 14.8 Å². The van der Waals surface area contributed by atoms with Gasteiger partial charge in [0, 0.05) is 17.8 Å². The first-order valence-corrected chi connectivity index (χ1v) is 8.00. The van der Waals surface area contributed by atoms with E-state index in [0.717, 1.165) is 10.7 Å². The van der Waals surface area contributed by atoms with E-state index in [-0.39, 0.29) is 23.1 Å². The molecule has 3 rings (SSSR count). The van der Waals surface area contributed by atoms with Crippen molar-refractivity contribution in [1.29, 1.82) is 5.26 Å². The zero-order valence-electron chi connectivity index (χ0n) is 15.4. The lowest BCUT2D eigenvalue weighted by Crippen LogP contribution is -2.05. The van der Waals surface area contributed by atoms with Gasteiger partial charge in [-0.15, -0.1) is 5.10 Å². The second kappa shape index (κ2) is 7.71. The zero-order chi connectivity index (χ0) is 20.3. The fourth-order valence-corrected chi connectivity index (χ4v) is 2.58. The Bertz CT molecular complexity index is 1030. The first-order chi connectivity index (χ1) is 13.5. The van der Waals surface area contributed by atoms with Crippen molar-refractivity contribution < 1.29 is 18.6 Å². The Morgan fingerprint density at radius 2 is 1.79 bits per heavy atom. The number of nitrogens with zero attached hydrogens (tertiary/aromatic N) is 4. The number of anilines is 3.